The first-order valence-electron chi connectivity index (χ1n) is 9.64. The highest BCUT2D eigenvalue weighted by atomic mass is 14.2. The second kappa shape index (κ2) is 15.4. The summed E-state index contributed by atoms with van der Waals surface area (Å²) < 4.78 is 0. The minimum absolute atomic E-state index is 0.945. The Bertz CT molecular complexity index is 163. The molecule has 0 saturated heterocycles. The third-order valence-electron chi connectivity index (χ3n) is 4.57. The van der Waals surface area contributed by atoms with Gasteiger partial charge in [-0.05, 0) is 31.1 Å². The Hall–Kier alpha value is 0. The Morgan fingerprint density at radius 3 is 1.50 bits per heavy atom. The predicted octanol–water partition coefficient (Wildman–Crippen LogP) is 7.72. The summed E-state index contributed by atoms with van der Waals surface area (Å²) in [7, 11) is 0. The van der Waals surface area contributed by atoms with Crippen molar-refractivity contribution in [2.45, 2.75) is 118 Å². The van der Waals surface area contributed by atoms with Gasteiger partial charge in [-0.2, -0.15) is 0 Å². The van der Waals surface area contributed by atoms with Crippen LogP contribution in [-0.2, 0) is 0 Å². The zero-order valence-electron chi connectivity index (χ0n) is 15.0. The molecule has 0 N–H and O–H groups in total. The van der Waals surface area contributed by atoms with Crippen molar-refractivity contribution in [3.8, 4) is 0 Å². The van der Waals surface area contributed by atoms with Gasteiger partial charge in [0.05, 0.1) is 0 Å². The lowest BCUT2D eigenvalue weighted by atomic mass is 9.78. The van der Waals surface area contributed by atoms with E-state index in [0.717, 1.165) is 5.92 Å². The van der Waals surface area contributed by atoms with E-state index < -0.39 is 0 Å². The van der Waals surface area contributed by atoms with E-state index in [1.807, 2.05) is 5.92 Å². The molecule has 0 rings (SSSR count). The lowest BCUT2D eigenvalue weighted by Crippen LogP contribution is -2.13. The number of hydrogen-bond donors (Lipinski definition) is 0. The Balaban J connectivity index is 4.27. The fourth-order valence-electron chi connectivity index (χ4n) is 3.28. The molecule has 0 aromatic heterocycles. The Labute approximate surface area is 130 Å². The van der Waals surface area contributed by atoms with Crippen LogP contribution in [0.2, 0.25) is 0 Å². The van der Waals surface area contributed by atoms with Crippen molar-refractivity contribution in [3.05, 3.63) is 5.92 Å². The van der Waals surface area contributed by atoms with Gasteiger partial charge in [0.2, 0.25) is 0 Å². The summed E-state index contributed by atoms with van der Waals surface area (Å²) in [4.78, 5) is 0. The molecule has 121 valence electrons. The van der Waals surface area contributed by atoms with Crippen LogP contribution in [0, 0.1) is 11.8 Å². The minimum Gasteiger partial charge on any atom is -0.0654 e. The molecule has 0 spiro atoms. The molecule has 0 nitrogen and oxygen atoms in total. The minimum atomic E-state index is 0.945. The fourth-order valence-corrected chi connectivity index (χ4v) is 3.28. The average molecular weight is 282 g/mol. The van der Waals surface area contributed by atoms with Crippen molar-refractivity contribution >= 4 is 0 Å². The van der Waals surface area contributed by atoms with Crippen molar-refractivity contribution in [2.24, 2.45) is 5.92 Å². The summed E-state index contributed by atoms with van der Waals surface area (Å²) in [5, 5.41) is 0. The third kappa shape index (κ3) is 10.7. The quantitative estimate of drug-likeness (QED) is 0.269. The third-order valence-corrected chi connectivity index (χ3v) is 4.57. The van der Waals surface area contributed by atoms with Crippen LogP contribution in [-0.4, -0.2) is 0 Å². The zero-order chi connectivity index (χ0) is 15.1. The normalized spacial score (nSPS) is 13.1. The van der Waals surface area contributed by atoms with Crippen molar-refractivity contribution < 1.29 is 0 Å². The van der Waals surface area contributed by atoms with Gasteiger partial charge in [-0.3, -0.25) is 0 Å². The molecule has 0 saturated carbocycles. The Kier molecular flexibility index (Phi) is 15.4. The molecular formula is C20H41. The van der Waals surface area contributed by atoms with Crippen LogP contribution < -0.4 is 0 Å². The van der Waals surface area contributed by atoms with Gasteiger partial charge in [-0.1, -0.05) is 98.3 Å². The molecule has 0 amide bonds. The maximum atomic E-state index is 2.36. The standard InChI is InChI=1S/C20H41/c1-5-9-12-16-19(15-8-4)20(17-13-10-6-2)18-14-11-7-3/h19H,5-18H2,1-4H3. The molecular weight excluding hydrogens is 240 g/mol. The van der Waals surface area contributed by atoms with Crippen LogP contribution in [0.5, 0.6) is 0 Å². The van der Waals surface area contributed by atoms with E-state index >= 15 is 0 Å². The van der Waals surface area contributed by atoms with Gasteiger partial charge in [0.15, 0.2) is 0 Å². The van der Waals surface area contributed by atoms with Gasteiger partial charge in [0, 0.05) is 0 Å². The van der Waals surface area contributed by atoms with E-state index in [0.29, 0.717) is 0 Å². The smallest absolute Gasteiger partial charge is 0.0210 e. The predicted molar refractivity (Wildman–Crippen MR) is 94.1 cm³/mol. The van der Waals surface area contributed by atoms with Crippen LogP contribution in [0.3, 0.4) is 0 Å². The summed E-state index contributed by atoms with van der Waals surface area (Å²) in [5.41, 5.74) is 0. The maximum Gasteiger partial charge on any atom is -0.0210 e. The highest BCUT2D eigenvalue weighted by Gasteiger charge is 2.20. The summed E-state index contributed by atoms with van der Waals surface area (Å²) in [5.74, 6) is 2.88. The summed E-state index contributed by atoms with van der Waals surface area (Å²) >= 11 is 0. The lowest BCUT2D eigenvalue weighted by Gasteiger charge is -2.27. The first-order chi connectivity index (χ1) is 9.79. The molecule has 1 unspecified atom stereocenters. The van der Waals surface area contributed by atoms with Gasteiger partial charge in [0.1, 0.15) is 0 Å². The van der Waals surface area contributed by atoms with Crippen molar-refractivity contribution in [1.29, 1.82) is 0 Å². The van der Waals surface area contributed by atoms with Crippen LogP contribution in [0.15, 0.2) is 0 Å². The lowest BCUT2D eigenvalue weighted by molar-refractivity contribution is 0.387. The van der Waals surface area contributed by atoms with E-state index in [1.54, 1.807) is 0 Å². The first-order valence-corrected chi connectivity index (χ1v) is 9.64. The van der Waals surface area contributed by atoms with Gasteiger partial charge in [0.25, 0.3) is 0 Å². The van der Waals surface area contributed by atoms with Crippen LogP contribution >= 0.6 is 0 Å². The second-order valence-corrected chi connectivity index (χ2v) is 6.55. The number of hydrogen-bond acceptors (Lipinski definition) is 0. The van der Waals surface area contributed by atoms with Crippen LogP contribution in [0.4, 0.5) is 0 Å². The van der Waals surface area contributed by atoms with E-state index in [9.17, 15) is 0 Å². The van der Waals surface area contributed by atoms with Crippen molar-refractivity contribution in [3.63, 3.8) is 0 Å². The van der Waals surface area contributed by atoms with Gasteiger partial charge < -0.3 is 0 Å². The summed E-state index contributed by atoms with van der Waals surface area (Å²) in [6.07, 6.45) is 19.8. The molecule has 0 heteroatoms. The molecule has 0 aromatic carbocycles. The highest BCUT2D eigenvalue weighted by Crippen LogP contribution is 2.34. The molecule has 0 bridgehead atoms. The van der Waals surface area contributed by atoms with Gasteiger partial charge in [-0.25, -0.2) is 0 Å². The van der Waals surface area contributed by atoms with Crippen molar-refractivity contribution in [1.82, 2.24) is 0 Å². The van der Waals surface area contributed by atoms with Crippen LogP contribution in [0.1, 0.15) is 118 Å². The molecule has 0 fully saturated rings. The fraction of sp³-hybridized carbons (Fsp3) is 0.950. The molecule has 1 atom stereocenters. The molecule has 0 aliphatic rings. The summed E-state index contributed by atoms with van der Waals surface area (Å²) in [6.45, 7) is 9.33. The van der Waals surface area contributed by atoms with E-state index in [1.165, 1.54) is 89.9 Å². The SMILES string of the molecule is CCCCC[C](CCCCC)C(CCC)CCCCC. The first kappa shape index (κ1) is 20.0. The van der Waals surface area contributed by atoms with Crippen molar-refractivity contribution in [2.75, 3.05) is 0 Å². The van der Waals surface area contributed by atoms with E-state index in [4.69, 9.17) is 0 Å². The van der Waals surface area contributed by atoms with Crippen LogP contribution in [0.25, 0.3) is 0 Å². The molecule has 0 aliphatic heterocycles. The number of rotatable bonds is 15. The molecule has 0 aromatic rings. The maximum absolute atomic E-state index is 2.36. The topological polar surface area (TPSA) is 0 Å². The van der Waals surface area contributed by atoms with Gasteiger partial charge in [-0.15, -0.1) is 0 Å². The second-order valence-electron chi connectivity index (χ2n) is 6.55. The summed E-state index contributed by atoms with van der Waals surface area (Å²) in [6, 6.07) is 0. The van der Waals surface area contributed by atoms with E-state index in [-0.39, 0.29) is 0 Å². The highest BCUT2D eigenvalue weighted by molar-refractivity contribution is 4.96. The molecule has 1 radical (unpaired) electrons. The largest absolute Gasteiger partial charge is 0.0654 e. The molecule has 0 heterocycles. The van der Waals surface area contributed by atoms with E-state index in [2.05, 4.69) is 27.7 Å². The Morgan fingerprint density at radius 1 is 0.550 bits per heavy atom. The zero-order valence-corrected chi connectivity index (χ0v) is 15.0. The monoisotopic (exact) mass is 281 g/mol. The molecule has 0 aliphatic carbocycles. The Morgan fingerprint density at radius 2 is 1.05 bits per heavy atom. The van der Waals surface area contributed by atoms with Gasteiger partial charge >= 0.3 is 0 Å². The molecule has 20 heavy (non-hydrogen) atoms. The average Bonchev–Trinajstić information content (AvgIpc) is 2.45. The number of unbranched alkanes of at least 4 members (excludes halogenated alkanes) is 6.